The second kappa shape index (κ2) is 5.96. The molecule has 0 bridgehead atoms. The maximum absolute atomic E-state index is 11.5. The van der Waals surface area contributed by atoms with Crippen LogP contribution in [0, 0.1) is 6.92 Å². The van der Waals surface area contributed by atoms with Crippen LogP contribution in [0.5, 0.6) is 0 Å². The summed E-state index contributed by atoms with van der Waals surface area (Å²) in [6.45, 7) is 6.60. The molecule has 1 atom stereocenters. The molecule has 0 aromatic carbocycles. The summed E-state index contributed by atoms with van der Waals surface area (Å²) in [6.07, 6.45) is 3.60. The van der Waals surface area contributed by atoms with E-state index >= 15 is 0 Å². The molecule has 1 aliphatic rings. The summed E-state index contributed by atoms with van der Waals surface area (Å²) in [5.41, 5.74) is 2.22. The normalized spacial score (nSPS) is 17.2. The lowest BCUT2D eigenvalue weighted by Crippen LogP contribution is -2.39. The SMILES string of the molecule is Cc1ccc(CNC(C)CN2CCCC2=O)nc1. The minimum Gasteiger partial charge on any atom is -0.341 e. The first-order valence-electron chi connectivity index (χ1n) is 6.58. The highest BCUT2D eigenvalue weighted by atomic mass is 16.2. The molecule has 1 fully saturated rings. The molecule has 0 aliphatic carbocycles. The van der Waals surface area contributed by atoms with E-state index in [0.29, 0.717) is 12.5 Å². The number of carbonyl (C=O) groups excluding carboxylic acids is 1. The van der Waals surface area contributed by atoms with E-state index in [-0.39, 0.29) is 5.91 Å². The number of hydrogen-bond donors (Lipinski definition) is 1. The van der Waals surface area contributed by atoms with E-state index in [0.717, 1.165) is 31.7 Å². The van der Waals surface area contributed by atoms with Crippen molar-refractivity contribution in [3.8, 4) is 0 Å². The van der Waals surface area contributed by atoms with Crippen LogP contribution in [0.2, 0.25) is 0 Å². The number of aromatic nitrogens is 1. The molecule has 2 heterocycles. The molecule has 0 spiro atoms. The summed E-state index contributed by atoms with van der Waals surface area (Å²) in [5.74, 6) is 0.289. The quantitative estimate of drug-likeness (QED) is 0.857. The van der Waals surface area contributed by atoms with Crippen LogP contribution in [0.3, 0.4) is 0 Å². The Morgan fingerprint density at radius 2 is 2.33 bits per heavy atom. The molecule has 1 aromatic rings. The largest absolute Gasteiger partial charge is 0.341 e. The molecule has 4 nitrogen and oxygen atoms in total. The average Bonchev–Trinajstić information content (AvgIpc) is 2.74. The van der Waals surface area contributed by atoms with Crippen LogP contribution >= 0.6 is 0 Å². The third kappa shape index (κ3) is 3.53. The highest BCUT2D eigenvalue weighted by molar-refractivity contribution is 5.78. The predicted molar refractivity (Wildman–Crippen MR) is 71.1 cm³/mol. The van der Waals surface area contributed by atoms with Crippen molar-refractivity contribution in [3.05, 3.63) is 29.6 Å². The predicted octanol–water partition coefficient (Wildman–Crippen LogP) is 1.49. The zero-order chi connectivity index (χ0) is 13.0. The molecule has 1 saturated heterocycles. The number of nitrogens with zero attached hydrogens (tertiary/aromatic N) is 2. The maximum Gasteiger partial charge on any atom is 0.222 e. The number of hydrogen-bond acceptors (Lipinski definition) is 3. The van der Waals surface area contributed by atoms with Crippen LogP contribution in [-0.2, 0) is 11.3 Å². The van der Waals surface area contributed by atoms with Gasteiger partial charge >= 0.3 is 0 Å². The molecule has 1 aromatic heterocycles. The Morgan fingerprint density at radius 3 is 2.94 bits per heavy atom. The number of rotatable bonds is 5. The van der Waals surface area contributed by atoms with E-state index in [4.69, 9.17) is 0 Å². The van der Waals surface area contributed by atoms with Gasteiger partial charge < -0.3 is 10.2 Å². The average molecular weight is 247 g/mol. The zero-order valence-corrected chi connectivity index (χ0v) is 11.1. The molecular formula is C14H21N3O. The summed E-state index contributed by atoms with van der Waals surface area (Å²) in [6, 6.07) is 4.41. The fourth-order valence-electron chi connectivity index (χ4n) is 2.17. The maximum atomic E-state index is 11.5. The summed E-state index contributed by atoms with van der Waals surface area (Å²) in [4.78, 5) is 17.8. The monoisotopic (exact) mass is 247 g/mol. The van der Waals surface area contributed by atoms with Gasteiger partial charge in [-0.15, -0.1) is 0 Å². The third-order valence-electron chi connectivity index (χ3n) is 3.27. The third-order valence-corrected chi connectivity index (χ3v) is 3.27. The standard InChI is InChI=1S/C14H21N3O/c1-11-5-6-13(16-8-11)9-15-12(2)10-17-7-3-4-14(17)18/h5-6,8,12,15H,3-4,7,9-10H2,1-2H3. The van der Waals surface area contributed by atoms with Gasteiger partial charge in [-0.1, -0.05) is 6.07 Å². The number of aryl methyl sites for hydroxylation is 1. The van der Waals surface area contributed by atoms with E-state index in [2.05, 4.69) is 23.3 Å². The summed E-state index contributed by atoms with van der Waals surface area (Å²) < 4.78 is 0. The van der Waals surface area contributed by atoms with Gasteiger partial charge in [0.15, 0.2) is 0 Å². The van der Waals surface area contributed by atoms with Crippen LogP contribution in [0.15, 0.2) is 18.3 Å². The molecule has 4 heteroatoms. The Morgan fingerprint density at radius 1 is 1.50 bits per heavy atom. The number of nitrogens with one attached hydrogen (secondary N) is 1. The molecule has 1 unspecified atom stereocenters. The Balaban J connectivity index is 1.76. The lowest BCUT2D eigenvalue weighted by molar-refractivity contribution is -0.127. The van der Waals surface area contributed by atoms with Gasteiger partial charge in [-0.3, -0.25) is 9.78 Å². The lowest BCUT2D eigenvalue weighted by Gasteiger charge is -2.21. The van der Waals surface area contributed by atoms with Crippen molar-refractivity contribution in [1.82, 2.24) is 15.2 Å². The number of carbonyl (C=O) groups is 1. The van der Waals surface area contributed by atoms with Crippen molar-refractivity contribution in [2.75, 3.05) is 13.1 Å². The molecule has 1 amide bonds. The first kappa shape index (κ1) is 13.0. The molecule has 0 radical (unpaired) electrons. The van der Waals surface area contributed by atoms with Crippen LogP contribution < -0.4 is 5.32 Å². The van der Waals surface area contributed by atoms with Crippen molar-refractivity contribution in [2.24, 2.45) is 0 Å². The fourth-order valence-corrected chi connectivity index (χ4v) is 2.17. The van der Waals surface area contributed by atoms with E-state index in [1.165, 1.54) is 5.56 Å². The second-order valence-corrected chi connectivity index (χ2v) is 5.05. The molecule has 0 saturated carbocycles. The first-order chi connectivity index (χ1) is 8.65. The van der Waals surface area contributed by atoms with Crippen LogP contribution in [0.1, 0.15) is 31.0 Å². The molecule has 98 valence electrons. The van der Waals surface area contributed by atoms with Crippen molar-refractivity contribution >= 4 is 5.91 Å². The smallest absolute Gasteiger partial charge is 0.222 e. The van der Waals surface area contributed by atoms with Gasteiger partial charge in [0.1, 0.15) is 0 Å². The van der Waals surface area contributed by atoms with Gasteiger partial charge in [0.25, 0.3) is 0 Å². The zero-order valence-electron chi connectivity index (χ0n) is 11.1. The Kier molecular flexibility index (Phi) is 4.31. The molecule has 2 rings (SSSR count). The van der Waals surface area contributed by atoms with Crippen molar-refractivity contribution < 1.29 is 4.79 Å². The Hall–Kier alpha value is -1.42. The van der Waals surface area contributed by atoms with Crippen molar-refractivity contribution in [2.45, 2.75) is 39.3 Å². The second-order valence-electron chi connectivity index (χ2n) is 5.05. The molecule has 1 N–H and O–H groups in total. The molecular weight excluding hydrogens is 226 g/mol. The van der Waals surface area contributed by atoms with Crippen LogP contribution in [-0.4, -0.2) is 34.9 Å². The van der Waals surface area contributed by atoms with E-state index in [9.17, 15) is 4.79 Å². The van der Waals surface area contributed by atoms with Gasteiger partial charge in [-0.25, -0.2) is 0 Å². The first-order valence-corrected chi connectivity index (χ1v) is 6.58. The lowest BCUT2D eigenvalue weighted by atomic mass is 10.2. The highest BCUT2D eigenvalue weighted by Gasteiger charge is 2.21. The topological polar surface area (TPSA) is 45.2 Å². The molecule has 1 aliphatic heterocycles. The van der Waals surface area contributed by atoms with E-state index in [1.807, 2.05) is 24.1 Å². The molecule has 18 heavy (non-hydrogen) atoms. The highest BCUT2D eigenvalue weighted by Crippen LogP contribution is 2.09. The Labute approximate surface area is 108 Å². The number of likely N-dealkylation sites (tertiary alicyclic amines) is 1. The minimum atomic E-state index is 0.289. The fraction of sp³-hybridized carbons (Fsp3) is 0.571. The number of pyridine rings is 1. The summed E-state index contributed by atoms with van der Waals surface area (Å²) in [7, 11) is 0. The van der Waals surface area contributed by atoms with E-state index < -0.39 is 0 Å². The summed E-state index contributed by atoms with van der Waals surface area (Å²) in [5, 5.41) is 3.41. The van der Waals surface area contributed by atoms with Crippen LogP contribution in [0.25, 0.3) is 0 Å². The van der Waals surface area contributed by atoms with Crippen molar-refractivity contribution in [3.63, 3.8) is 0 Å². The van der Waals surface area contributed by atoms with Gasteiger partial charge in [0.05, 0.1) is 5.69 Å². The van der Waals surface area contributed by atoms with Gasteiger partial charge in [-0.2, -0.15) is 0 Å². The van der Waals surface area contributed by atoms with Gasteiger partial charge in [0.2, 0.25) is 5.91 Å². The van der Waals surface area contributed by atoms with Crippen molar-refractivity contribution in [1.29, 1.82) is 0 Å². The number of amides is 1. The van der Waals surface area contributed by atoms with Gasteiger partial charge in [-0.05, 0) is 31.9 Å². The summed E-state index contributed by atoms with van der Waals surface area (Å²) >= 11 is 0. The minimum absolute atomic E-state index is 0.289. The van der Waals surface area contributed by atoms with E-state index in [1.54, 1.807) is 0 Å². The van der Waals surface area contributed by atoms with Crippen LogP contribution in [0.4, 0.5) is 0 Å². The Bertz CT molecular complexity index is 402. The van der Waals surface area contributed by atoms with Gasteiger partial charge in [0, 0.05) is 38.3 Å².